The van der Waals surface area contributed by atoms with Crippen molar-refractivity contribution in [2.24, 2.45) is 0 Å². The Hall–Kier alpha value is -6.50. The van der Waals surface area contributed by atoms with Crippen LogP contribution < -0.4 is 0 Å². The van der Waals surface area contributed by atoms with E-state index in [1.165, 1.54) is 109 Å². The summed E-state index contributed by atoms with van der Waals surface area (Å²) in [6.45, 7) is 4.75. The van der Waals surface area contributed by atoms with E-state index < -0.39 is 0 Å². The number of rotatable bonds is 3. The third kappa shape index (κ3) is 4.30. The molecule has 1 aliphatic rings. The van der Waals surface area contributed by atoms with Crippen molar-refractivity contribution in [2.75, 3.05) is 0 Å². The lowest BCUT2D eigenvalue weighted by Gasteiger charge is -2.24. The van der Waals surface area contributed by atoms with E-state index in [0.717, 1.165) is 0 Å². The molecule has 53 heavy (non-hydrogen) atoms. The third-order valence-electron chi connectivity index (χ3n) is 12.0. The van der Waals surface area contributed by atoms with Crippen molar-refractivity contribution in [2.45, 2.75) is 19.3 Å². The molecule has 10 aromatic carbocycles. The van der Waals surface area contributed by atoms with Crippen molar-refractivity contribution >= 4 is 53.9 Å². The van der Waals surface area contributed by atoms with Gasteiger partial charge in [-0.2, -0.15) is 0 Å². The van der Waals surface area contributed by atoms with Crippen molar-refractivity contribution in [1.29, 1.82) is 0 Å². The third-order valence-corrected chi connectivity index (χ3v) is 12.0. The maximum absolute atomic E-state index is 2.48. The highest BCUT2D eigenvalue weighted by Gasteiger charge is 2.35. The summed E-state index contributed by atoms with van der Waals surface area (Å²) in [5.41, 5.74) is 13.1. The van der Waals surface area contributed by atoms with Gasteiger partial charge >= 0.3 is 0 Å². The van der Waals surface area contributed by atoms with E-state index in [0.29, 0.717) is 0 Å². The van der Waals surface area contributed by atoms with Crippen LogP contribution in [-0.2, 0) is 5.41 Å². The van der Waals surface area contributed by atoms with Crippen LogP contribution in [0.5, 0.6) is 0 Å². The zero-order valence-electron chi connectivity index (χ0n) is 29.8. The molecular formula is C53H36. The predicted molar refractivity (Wildman–Crippen MR) is 228 cm³/mol. The smallest absolute Gasteiger partial charge is 0.0159 e. The van der Waals surface area contributed by atoms with Crippen LogP contribution in [0.2, 0.25) is 0 Å². The Labute approximate surface area is 309 Å². The van der Waals surface area contributed by atoms with Crippen molar-refractivity contribution in [3.63, 3.8) is 0 Å². The molecule has 0 atom stereocenters. The summed E-state index contributed by atoms with van der Waals surface area (Å²) in [6.07, 6.45) is 0. The molecule has 0 bridgehead atoms. The van der Waals surface area contributed by atoms with Gasteiger partial charge in [-0.05, 0) is 122 Å². The maximum atomic E-state index is 2.48. The Balaban J connectivity index is 1.24. The Morgan fingerprint density at radius 3 is 1.19 bits per heavy atom. The fourth-order valence-electron chi connectivity index (χ4n) is 9.62. The van der Waals surface area contributed by atoms with Crippen LogP contribution in [0.3, 0.4) is 0 Å². The maximum Gasteiger partial charge on any atom is 0.0159 e. The van der Waals surface area contributed by atoms with Crippen molar-refractivity contribution in [3.8, 4) is 44.5 Å². The molecule has 0 aromatic heterocycles. The number of benzene rings is 10. The van der Waals surface area contributed by atoms with E-state index in [-0.39, 0.29) is 5.41 Å². The lowest BCUT2D eigenvalue weighted by Crippen LogP contribution is -2.14. The van der Waals surface area contributed by atoms with Gasteiger partial charge in [-0.3, -0.25) is 0 Å². The van der Waals surface area contributed by atoms with Crippen LogP contribution in [0.15, 0.2) is 182 Å². The van der Waals surface area contributed by atoms with Gasteiger partial charge in [-0.1, -0.05) is 184 Å². The minimum absolute atomic E-state index is 0.0713. The van der Waals surface area contributed by atoms with Gasteiger partial charge < -0.3 is 0 Å². The molecule has 0 saturated carbocycles. The number of fused-ring (bicyclic) bond motifs is 8. The molecule has 0 radical (unpaired) electrons. The van der Waals surface area contributed by atoms with E-state index in [4.69, 9.17) is 0 Å². The summed E-state index contributed by atoms with van der Waals surface area (Å²) in [6, 6.07) is 68.0. The van der Waals surface area contributed by atoms with Gasteiger partial charge in [-0.25, -0.2) is 0 Å². The van der Waals surface area contributed by atoms with Crippen LogP contribution in [0.4, 0.5) is 0 Å². The van der Waals surface area contributed by atoms with Gasteiger partial charge in [0.1, 0.15) is 0 Å². The van der Waals surface area contributed by atoms with Crippen molar-refractivity contribution < 1.29 is 0 Å². The van der Waals surface area contributed by atoms with Crippen LogP contribution >= 0.6 is 0 Å². The van der Waals surface area contributed by atoms with E-state index in [1.807, 2.05) is 0 Å². The first-order chi connectivity index (χ1) is 26.1. The van der Waals surface area contributed by atoms with Crippen LogP contribution in [0, 0.1) is 0 Å². The second kappa shape index (κ2) is 11.2. The summed E-state index contributed by atoms with van der Waals surface area (Å²) >= 11 is 0. The van der Waals surface area contributed by atoms with Gasteiger partial charge in [0.05, 0.1) is 0 Å². The SMILES string of the molecule is CC1(C)c2ccccc2-c2ccc(-c3c4ccccc4c(-c4c5ccccc5c(-c5ccc6ccccc6c5)c5ccccc45)c4ccccc34)cc21. The summed E-state index contributed by atoms with van der Waals surface area (Å²) in [5.74, 6) is 0. The molecule has 0 unspecified atom stereocenters. The van der Waals surface area contributed by atoms with E-state index in [9.17, 15) is 0 Å². The highest BCUT2D eigenvalue weighted by atomic mass is 14.4. The van der Waals surface area contributed by atoms with E-state index in [1.54, 1.807) is 0 Å². The van der Waals surface area contributed by atoms with Gasteiger partial charge in [0.2, 0.25) is 0 Å². The van der Waals surface area contributed by atoms with Gasteiger partial charge in [0.15, 0.2) is 0 Å². The first-order valence-corrected chi connectivity index (χ1v) is 18.7. The molecule has 0 saturated heterocycles. The molecule has 0 nitrogen and oxygen atoms in total. The predicted octanol–water partition coefficient (Wildman–Crippen LogP) is 14.8. The molecule has 1 aliphatic carbocycles. The molecule has 0 amide bonds. The highest BCUT2D eigenvalue weighted by Crippen LogP contribution is 2.53. The zero-order chi connectivity index (χ0) is 35.3. The minimum Gasteiger partial charge on any atom is -0.0619 e. The van der Waals surface area contributed by atoms with E-state index in [2.05, 4.69) is 196 Å². The molecule has 10 aromatic rings. The Kier molecular flexibility index (Phi) is 6.40. The lowest BCUT2D eigenvalue weighted by molar-refractivity contribution is 0.660. The lowest BCUT2D eigenvalue weighted by atomic mass is 9.79. The average molecular weight is 673 g/mol. The fraction of sp³-hybridized carbons (Fsp3) is 0.0566. The summed E-state index contributed by atoms with van der Waals surface area (Å²) in [7, 11) is 0. The largest absolute Gasteiger partial charge is 0.0619 e. The molecule has 0 spiro atoms. The molecular weight excluding hydrogens is 637 g/mol. The zero-order valence-corrected chi connectivity index (χ0v) is 29.8. The van der Waals surface area contributed by atoms with Gasteiger partial charge in [0.25, 0.3) is 0 Å². The molecule has 0 aliphatic heterocycles. The Morgan fingerprint density at radius 1 is 0.283 bits per heavy atom. The van der Waals surface area contributed by atoms with E-state index >= 15 is 0 Å². The molecule has 248 valence electrons. The van der Waals surface area contributed by atoms with Crippen LogP contribution in [-0.4, -0.2) is 0 Å². The van der Waals surface area contributed by atoms with Gasteiger partial charge in [-0.15, -0.1) is 0 Å². The molecule has 11 rings (SSSR count). The number of hydrogen-bond donors (Lipinski definition) is 0. The second-order valence-corrected chi connectivity index (χ2v) is 15.2. The Morgan fingerprint density at radius 2 is 0.660 bits per heavy atom. The monoisotopic (exact) mass is 672 g/mol. The summed E-state index contributed by atoms with van der Waals surface area (Å²) in [5, 5.41) is 12.7. The normalized spacial score (nSPS) is 13.2. The first-order valence-electron chi connectivity index (χ1n) is 18.7. The van der Waals surface area contributed by atoms with Crippen molar-refractivity contribution in [3.05, 3.63) is 193 Å². The van der Waals surface area contributed by atoms with Crippen LogP contribution in [0.1, 0.15) is 25.0 Å². The average Bonchev–Trinajstić information content (AvgIpc) is 3.44. The minimum atomic E-state index is -0.0713. The van der Waals surface area contributed by atoms with Crippen LogP contribution in [0.25, 0.3) is 98.4 Å². The molecule has 0 fully saturated rings. The fourth-order valence-corrected chi connectivity index (χ4v) is 9.62. The highest BCUT2D eigenvalue weighted by molar-refractivity contribution is 6.30. The second-order valence-electron chi connectivity index (χ2n) is 15.2. The molecule has 0 heteroatoms. The van der Waals surface area contributed by atoms with Gasteiger partial charge in [0, 0.05) is 5.41 Å². The Bertz CT molecular complexity index is 3030. The quantitative estimate of drug-likeness (QED) is 0.164. The number of hydrogen-bond acceptors (Lipinski definition) is 0. The standard InChI is InChI=1S/C53H36/c1-53(2)47-26-14-13-17-37(47)38-30-29-36(32-48(38)53)50-41-20-7-11-24-45(41)52(46-25-12-8-21-42(46)50)51-43-22-9-5-18-39(43)49(40-19-6-10-23-44(40)51)35-28-27-33-15-3-4-16-34(33)31-35/h3-32H,1-2H3. The molecule has 0 N–H and O–H groups in total. The first kappa shape index (κ1) is 30.2. The topological polar surface area (TPSA) is 0 Å². The molecule has 0 heterocycles. The van der Waals surface area contributed by atoms with Crippen molar-refractivity contribution in [1.82, 2.24) is 0 Å². The summed E-state index contributed by atoms with van der Waals surface area (Å²) in [4.78, 5) is 0. The summed E-state index contributed by atoms with van der Waals surface area (Å²) < 4.78 is 0.